The zero-order valence-corrected chi connectivity index (χ0v) is 12.2. The number of rotatable bonds is 1. The van der Waals surface area contributed by atoms with E-state index in [9.17, 15) is 9.90 Å². The van der Waals surface area contributed by atoms with E-state index in [0.717, 1.165) is 25.7 Å². The summed E-state index contributed by atoms with van der Waals surface area (Å²) in [6.07, 6.45) is 5.26. The zero-order valence-electron chi connectivity index (χ0n) is 12.2. The molecular formula is C17H22O3. The maximum absolute atomic E-state index is 12.8. The molecule has 0 radical (unpaired) electrons. The van der Waals surface area contributed by atoms with Gasteiger partial charge in [0.25, 0.3) is 0 Å². The predicted molar refractivity (Wildman–Crippen MR) is 76.7 cm³/mol. The minimum atomic E-state index is -1.39. The van der Waals surface area contributed by atoms with Crippen LogP contribution in [0.4, 0.5) is 0 Å². The molecule has 3 rings (SSSR count). The number of hydrogen-bond acceptors (Lipinski definition) is 3. The normalized spacial score (nSPS) is 29.6. The number of Topliss-reactive ketones (excluding diaryl/α,β-unsaturated/α-hetero) is 1. The van der Waals surface area contributed by atoms with Gasteiger partial charge in [-0.3, -0.25) is 4.79 Å². The largest absolute Gasteiger partial charge is 0.460 e. The van der Waals surface area contributed by atoms with Crippen molar-refractivity contribution in [2.75, 3.05) is 0 Å². The number of carbonyl (C=O) groups is 1. The van der Waals surface area contributed by atoms with E-state index >= 15 is 0 Å². The standard InChI is InChI=1S/C17H22O3/c1-16(2)15(18)13-10-6-7-11-14(13)20-17(16,19)12-8-4-3-5-9-12/h6-7,10-12,19H,3-5,8-9H2,1-2H3. The van der Waals surface area contributed by atoms with Gasteiger partial charge >= 0.3 is 0 Å². The molecular weight excluding hydrogens is 252 g/mol. The number of hydrogen-bond donors (Lipinski definition) is 1. The molecule has 0 amide bonds. The number of para-hydroxylation sites is 1. The Morgan fingerprint density at radius 1 is 1.15 bits per heavy atom. The Morgan fingerprint density at radius 3 is 2.50 bits per heavy atom. The Morgan fingerprint density at radius 2 is 1.80 bits per heavy atom. The number of aliphatic hydroxyl groups is 1. The molecule has 1 atom stereocenters. The molecule has 108 valence electrons. The van der Waals surface area contributed by atoms with Crippen molar-refractivity contribution in [3.63, 3.8) is 0 Å². The van der Waals surface area contributed by atoms with Crippen LogP contribution in [-0.4, -0.2) is 16.7 Å². The summed E-state index contributed by atoms with van der Waals surface area (Å²) >= 11 is 0. The van der Waals surface area contributed by atoms with Gasteiger partial charge in [-0.2, -0.15) is 0 Å². The second-order valence-corrected chi connectivity index (χ2v) is 6.58. The Labute approximate surface area is 120 Å². The molecule has 1 aliphatic heterocycles. The van der Waals surface area contributed by atoms with Gasteiger partial charge in [-0.25, -0.2) is 0 Å². The van der Waals surface area contributed by atoms with Gasteiger partial charge in [0, 0.05) is 5.92 Å². The van der Waals surface area contributed by atoms with Crippen LogP contribution >= 0.6 is 0 Å². The number of ether oxygens (including phenoxy) is 1. The average molecular weight is 274 g/mol. The maximum Gasteiger partial charge on any atom is 0.223 e. The SMILES string of the molecule is CC1(C)C(=O)c2ccccc2OC1(O)C1CCCCC1. The van der Waals surface area contributed by atoms with Crippen LogP contribution in [0.1, 0.15) is 56.3 Å². The fourth-order valence-electron chi connectivity index (χ4n) is 3.63. The van der Waals surface area contributed by atoms with Crippen molar-refractivity contribution in [1.29, 1.82) is 0 Å². The van der Waals surface area contributed by atoms with Gasteiger partial charge in [-0.05, 0) is 38.8 Å². The molecule has 1 heterocycles. The summed E-state index contributed by atoms with van der Waals surface area (Å²) in [4.78, 5) is 12.8. The minimum absolute atomic E-state index is 0.0209. The number of fused-ring (bicyclic) bond motifs is 1. The molecule has 1 aliphatic carbocycles. The third-order valence-corrected chi connectivity index (χ3v) is 5.02. The van der Waals surface area contributed by atoms with E-state index in [1.807, 2.05) is 12.1 Å². The highest BCUT2D eigenvalue weighted by Gasteiger charge is 2.58. The van der Waals surface area contributed by atoms with Gasteiger partial charge in [0.1, 0.15) is 5.75 Å². The molecule has 1 unspecified atom stereocenters. The summed E-state index contributed by atoms with van der Waals surface area (Å²) < 4.78 is 5.98. The molecule has 1 aromatic rings. The quantitative estimate of drug-likeness (QED) is 0.851. The molecule has 1 saturated carbocycles. The van der Waals surface area contributed by atoms with E-state index in [-0.39, 0.29) is 11.7 Å². The third-order valence-electron chi connectivity index (χ3n) is 5.02. The van der Waals surface area contributed by atoms with E-state index < -0.39 is 11.2 Å². The molecule has 1 fully saturated rings. The van der Waals surface area contributed by atoms with Crippen LogP contribution in [-0.2, 0) is 0 Å². The summed E-state index contributed by atoms with van der Waals surface area (Å²) in [5, 5.41) is 11.2. The summed E-state index contributed by atoms with van der Waals surface area (Å²) in [6.45, 7) is 3.61. The molecule has 0 aromatic heterocycles. The highest BCUT2D eigenvalue weighted by Crippen LogP contribution is 2.50. The second kappa shape index (κ2) is 4.59. The van der Waals surface area contributed by atoms with Crippen molar-refractivity contribution in [2.45, 2.75) is 51.7 Å². The van der Waals surface area contributed by atoms with Crippen LogP contribution in [0, 0.1) is 11.3 Å². The van der Waals surface area contributed by atoms with Crippen molar-refractivity contribution < 1.29 is 14.6 Å². The fraction of sp³-hybridized carbons (Fsp3) is 0.588. The van der Waals surface area contributed by atoms with Gasteiger partial charge in [0.15, 0.2) is 5.78 Å². The van der Waals surface area contributed by atoms with Crippen molar-refractivity contribution in [1.82, 2.24) is 0 Å². The average Bonchev–Trinajstić information content (AvgIpc) is 2.46. The third kappa shape index (κ3) is 1.80. The maximum atomic E-state index is 12.8. The molecule has 0 saturated heterocycles. The molecule has 20 heavy (non-hydrogen) atoms. The Hall–Kier alpha value is -1.35. The summed E-state index contributed by atoms with van der Waals surface area (Å²) in [6, 6.07) is 7.23. The first-order valence-electron chi connectivity index (χ1n) is 7.52. The van der Waals surface area contributed by atoms with E-state index in [1.165, 1.54) is 6.42 Å². The van der Waals surface area contributed by atoms with E-state index in [0.29, 0.717) is 11.3 Å². The molecule has 3 nitrogen and oxygen atoms in total. The van der Waals surface area contributed by atoms with Crippen LogP contribution < -0.4 is 4.74 Å². The van der Waals surface area contributed by atoms with Crippen LogP contribution in [0.3, 0.4) is 0 Å². The van der Waals surface area contributed by atoms with Gasteiger partial charge in [-0.15, -0.1) is 0 Å². The van der Waals surface area contributed by atoms with Gasteiger partial charge < -0.3 is 9.84 Å². The summed E-state index contributed by atoms with van der Waals surface area (Å²) in [7, 11) is 0. The highest BCUT2D eigenvalue weighted by molar-refractivity contribution is 6.04. The first-order chi connectivity index (χ1) is 9.47. The Kier molecular flexibility index (Phi) is 3.13. The predicted octanol–water partition coefficient (Wildman–Crippen LogP) is 3.56. The van der Waals surface area contributed by atoms with Crippen LogP contribution in [0.15, 0.2) is 24.3 Å². The lowest BCUT2D eigenvalue weighted by atomic mass is 9.66. The number of benzene rings is 1. The van der Waals surface area contributed by atoms with Crippen molar-refractivity contribution in [2.24, 2.45) is 11.3 Å². The second-order valence-electron chi connectivity index (χ2n) is 6.58. The number of carbonyl (C=O) groups excluding carboxylic acids is 1. The molecule has 1 aromatic carbocycles. The van der Waals surface area contributed by atoms with Crippen molar-refractivity contribution in [3.8, 4) is 5.75 Å². The van der Waals surface area contributed by atoms with Crippen LogP contribution in [0.2, 0.25) is 0 Å². The topological polar surface area (TPSA) is 46.5 Å². The summed E-state index contributed by atoms with van der Waals surface area (Å²) in [5.41, 5.74) is -0.332. The molecule has 0 bridgehead atoms. The first kappa shape index (κ1) is 13.6. The molecule has 1 N–H and O–H groups in total. The van der Waals surface area contributed by atoms with Crippen LogP contribution in [0.25, 0.3) is 0 Å². The Balaban J connectivity index is 2.05. The van der Waals surface area contributed by atoms with Crippen LogP contribution in [0.5, 0.6) is 5.75 Å². The monoisotopic (exact) mass is 274 g/mol. The first-order valence-corrected chi connectivity index (χ1v) is 7.52. The van der Waals surface area contributed by atoms with Crippen molar-refractivity contribution >= 4 is 5.78 Å². The molecule has 0 spiro atoms. The van der Waals surface area contributed by atoms with E-state index in [4.69, 9.17) is 4.74 Å². The lowest BCUT2D eigenvalue weighted by Crippen LogP contribution is -2.61. The van der Waals surface area contributed by atoms with Crippen molar-refractivity contribution in [3.05, 3.63) is 29.8 Å². The fourth-order valence-corrected chi connectivity index (χ4v) is 3.63. The Bertz CT molecular complexity index is 529. The van der Waals surface area contributed by atoms with Gasteiger partial charge in [0.2, 0.25) is 5.79 Å². The van der Waals surface area contributed by atoms with Gasteiger partial charge in [0.05, 0.1) is 11.0 Å². The smallest absolute Gasteiger partial charge is 0.223 e. The number of ketones is 1. The summed E-state index contributed by atoms with van der Waals surface area (Å²) in [5.74, 6) is -0.861. The molecule has 2 aliphatic rings. The van der Waals surface area contributed by atoms with E-state index in [1.54, 1.807) is 26.0 Å². The highest BCUT2D eigenvalue weighted by atomic mass is 16.6. The lowest BCUT2D eigenvalue weighted by Gasteiger charge is -2.50. The minimum Gasteiger partial charge on any atom is -0.460 e. The van der Waals surface area contributed by atoms with Gasteiger partial charge in [-0.1, -0.05) is 31.4 Å². The van der Waals surface area contributed by atoms with E-state index in [2.05, 4.69) is 0 Å². The molecule has 3 heteroatoms. The lowest BCUT2D eigenvalue weighted by molar-refractivity contribution is -0.241. The zero-order chi connectivity index (χ0) is 14.4.